The Morgan fingerprint density at radius 2 is 1.65 bits per heavy atom. The molecule has 26 heavy (non-hydrogen) atoms. The number of urea groups is 1. The maximum absolute atomic E-state index is 12.0. The van der Waals surface area contributed by atoms with Gasteiger partial charge in [-0.15, -0.1) is 0 Å². The van der Waals surface area contributed by atoms with E-state index in [-0.39, 0.29) is 6.03 Å². The molecule has 0 aromatic heterocycles. The predicted octanol–water partition coefficient (Wildman–Crippen LogP) is 3.54. The van der Waals surface area contributed by atoms with E-state index in [2.05, 4.69) is 27.7 Å². The van der Waals surface area contributed by atoms with Crippen LogP contribution in [-0.4, -0.2) is 43.8 Å². The number of carbonyl (C=O) groups excluding carboxylic acids is 1. The van der Waals surface area contributed by atoms with E-state index in [1.807, 2.05) is 36.4 Å². The van der Waals surface area contributed by atoms with Gasteiger partial charge in [-0.25, -0.2) is 4.79 Å². The molecule has 2 aromatic rings. The molecule has 0 radical (unpaired) electrons. The number of amides is 2. The van der Waals surface area contributed by atoms with Crippen LogP contribution in [0, 0.1) is 0 Å². The van der Waals surface area contributed by atoms with Gasteiger partial charge in [-0.3, -0.25) is 4.90 Å². The van der Waals surface area contributed by atoms with E-state index in [0.717, 1.165) is 50.5 Å². The Bertz CT molecular complexity index is 698. The summed E-state index contributed by atoms with van der Waals surface area (Å²) in [6.07, 6.45) is 1.00. The predicted molar refractivity (Wildman–Crippen MR) is 105 cm³/mol. The maximum atomic E-state index is 12.0. The topological polar surface area (TPSA) is 53.6 Å². The number of halogens is 1. The summed E-state index contributed by atoms with van der Waals surface area (Å²) in [4.78, 5) is 14.4. The number of morpholine rings is 1. The largest absolute Gasteiger partial charge is 0.379 e. The number of rotatable bonds is 6. The molecule has 1 fully saturated rings. The third kappa shape index (κ3) is 6.02. The van der Waals surface area contributed by atoms with Crippen LogP contribution in [0.15, 0.2) is 48.5 Å². The van der Waals surface area contributed by atoms with Crippen LogP contribution in [0.5, 0.6) is 0 Å². The van der Waals surface area contributed by atoms with Crippen molar-refractivity contribution in [2.24, 2.45) is 0 Å². The normalized spacial score (nSPS) is 14.8. The van der Waals surface area contributed by atoms with Crippen LogP contribution in [0.25, 0.3) is 0 Å². The number of nitrogens with zero attached hydrogens (tertiary/aromatic N) is 1. The van der Waals surface area contributed by atoms with Crippen LogP contribution >= 0.6 is 11.6 Å². The molecule has 0 spiro atoms. The molecule has 2 N–H and O–H groups in total. The molecular formula is C20H24ClN3O2. The number of hydrogen-bond donors (Lipinski definition) is 2. The standard InChI is InChI=1S/C20H24ClN3O2/c21-18-5-1-17(2-6-18)15-22-20(25)23-19-7-3-16(4-8-19)9-10-24-11-13-26-14-12-24/h1-8H,9-15H2,(H2,22,23,25). The minimum Gasteiger partial charge on any atom is -0.379 e. The average molecular weight is 374 g/mol. The smallest absolute Gasteiger partial charge is 0.319 e. The molecule has 0 saturated carbocycles. The monoisotopic (exact) mass is 373 g/mol. The molecule has 3 rings (SSSR count). The Hall–Kier alpha value is -2.08. The molecule has 1 saturated heterocycles. The van der Waals surface area contributed by atoms with E-state index in [1.54, 1.807) is 0 Å². The fourth-order valence-corrected chi connectivity index (χ4v) is 2.95. The molecule has 6 heteroatoms. The summed E-state index contributed by atoms with van der Waals surface area (Å²) in [7, 11) is 0. The van der Waals surface area contributed by atoms with E-state index in [1.165, 1.54) is 5.56 Å². The van der Waals surface area contributed by atoms with Crippen molar-refractivity contribution in [1.29, 1.82) is 0 Å². The molecule has 2 aromatic carbocycles. The maximum Gasteiger partial charge on any atom is 0.319 e. The number of nitrogens with one attached hydrogen (secondary N) is 2. The van der Waals surface area contributed by atoms with Crippen molar-refractivity contribution in [3.8, 4) is 0 Å². The van der Waals surface area contributed by atoms with Crippen LogP contribution in [0.4, 0.5) is 10.5 Å². The lowest BCUT2D eigenvalue weighted by Crippen LogP contribution is -2.37. The molecule has 138 valence electrons. The van der Waals surface area contributed by atoms with Crippen molar-refractivity contribution in [2.45, 2.75) is 13.0 Å². The summed E-state index contributed by atoms with van der Waals surface area (Å²) in [5, 5.41) is 6.38. The van der Waals surface area contributed by atoms with Gasteiger partial charge in [0, 0.05) is 36.9 Å². The molecular weight excluding hydrogens is 350 g/mol. The molecule has 1 aliphatic heterocycles. The highest BCUT2D eigenvalue weighted by atomic mass is 35.5. The lowest BCUT2D eigenvalue weighted by molar-refractivity contribution is 0.0384. The highest BCUT2D eigenvalue weighted by molar-refractivity contribution is 6.30. The summed E-state index contributed by atoms with van der Waals surface area (Å²) in [6, 6.07) is 15.2. The number of hydrogen-bond acceptors (Lipinski definition) is 3. The lowest BCUT2D eigenvalue weighted by Gasteiger charge is -2.26. The number of benzene rings is 2. The van der Waals surface area contributed by atoms with Gasteiger partial charge in [0.2, 0.25) is 0 Å². The zero-order valence-electron chi connectivity index (χ0n) is 14.7. The van der Waals surface area contributed by atoms with Gasteiger partial charge in [-0.1, -0.05) is 35.9 Å². The fraction of sp³-hybridized carbons (Fsp3) is 0.350. The van der Waals surface area contributed by atoms with Crippen molar-refractivity contribution < 1.29 is 9.53 Å². The average Bonchev–Trinajstić information content (AvgIpc) is 2.68. The minimum absolute atomic E-state index is 0.221. The first-order valence-corrected chi connectivity index (χ1v) is 9.25. The van der Waals surface area contributed by atoms with Gasteiger partial charge in [-0.2, -0.15) is 0 Å². The van der Waals surface area contributed by atoms with Gasteiger partial charge in [-0.05, 0) is 41.8 Å². The van der Waals surface area contributed by atoms with Crippen LogP contribution < -0.4 is 10.6 Å². The fourth-order valence-electron chi connectivity index (χ4n) is 2.83. The number of anilines is 1. The quantitative estimate of drug-likeness (QED) is 0.814. The molecule has 1 aliphatic rings. The second-order valence-electron chi connectivity index (χ2n) is 6.34. The van der Waals surface area contributed by atoms with Gasteiger partial charge in [0.15, 0.2) is 0 Å². The van der Waals surface area contributed by atoms with Crippen molar-refractivity contribution in [3.63, 3.8) is 0 Å². The first-order chi connectivity index (χ1) is 12.7. The Morgan fingerprint density at radius 3 is 2.35 bits per heavy atom. The van der Waals surface area contributed by atoms with Gasteiger partial charge in [0.05, 0.1) is 13.2 Å². The zero-order valence-corrected chi connectivity index (χ0v) is 15.5. The lowest BCUT2D eigenvalue weighted by atomic mass is 10.1. The van der Waals surface area contributed by atoms with Crippen molar-refractivity contribution in [1.82, 2.24) is 10.2 Å². The van der Waals surface area contributed by atoms with Crippen LogP contribution in [-0.2, 0) is 17.7 Å². The van der Waals surface area contributed by atoms with Gasteiger partial charge >= 0.3 is 6.03 Å². The number of ether oxygens (including phenoxy) is 1. The zero-order chi connectivity index (χ0) is 18.2. The summed E-state index contributed by atoms with van der Waals surface area (Å²) in [5.74, 6) is 0. The first kappa shape index (κ1) is 18.7. The van der Waals surface area contributed by atoms with Crippen molar-refractivity contribution >= 4 is 23.3 Å². The summed E-state index contributed by atoms with van der Waals surface area (Å²) in [5.41, 5.74) is 3.06. The Labute approximate surface area is 159 Å². The molecule has 1 heterocycles. The van der Waals surface area contributed by atoms with Crippen LogP contribution in [0.3, 0.4) is 0 Å². The summed E-state index contributed by atoms with van der Waals surface area (Å²) in [6.45, 7) is 5.17. The summed E-state index contributed by atoms with van der Waals surface area (Å²) >= 11 is 5.85. The van der Waals surface area contributed by atoms with Crippen LogP contribution in [0.1, 0.15) is 11.1 Å². The van der Waals surface area contributed by atoms with Gasteiger partial charge < -0.3 is 15.4 Å². The SMILES string of the molecule is O=C(NCc1ccc(Cl)cc1)Nc1ccc(CCN2CCOCC2)cc1. The second-order valence-corrected chi connectivity index (χ2v) is 6.77. The van der Waals surface area contributed by atoms with E-state index >= 15 is 0 Å². The van der Waals surface area contributed by atoms with Crippen molar-refractivity contribution in [3.05, 3.63) is 64.7 Å². The van der Waals surface area contributed by atoms with E-state index < -0.39 is 0 Å². The molecule has 0 atom stereocenters. The second kappa shape index (κ2) is 9.57. The Balaban J connectivity index is 1.41. The highest BCUT2D eigenvalue weighted by Crippen LogP contribution is 2.12. The molecule has 5 nitrogen and oxygen atoms in total. The minimum atomic E-state index is -0.221. The number of carbonyl (C=O) groups is 1. The molecule has 0 bridgehead atoms. The Kier molecular flexibility index (Phi) is 6.89. The van der Waals surface area contributed by atoms with E-state index in [4.69, 9.17) is 16.3 Å². The Morgan fingerprint density at radius 1 is 1.00 bits per heavy atom. The molecule has 0 aliphatic carbocycles. The summed E-state index contributed by atoms with van der Waals surface area (Å²) < 4.78 is 5.36. The van der Waals surface area contributed by atoms with E-state index in [9.17, 15) is 4.79 Å². The molecule has 0 unspecified atom stereocenters. The first-order valence-electron chi connectivity index (χ1n) is 8.87. The van der Waals surface area contributed by atoms with Crippen molar-refractivity contribution in [2.75, 3.05) is 38.2 Å². The highest BCUT2D eigenvalue weighted by Gasteiger charge is 2.09. The molecule has 2 amide bonds. The van der Waals surface area contributed by atoms with Gasteiger partial charge in [0.1, 0.15) is 0 Å². The third-order valence-corrected chi connectivity index (χ3v) is 4.65. The third-order valence-electron chi connectivity index (χ3n) is 4.40. The van der Waals surface area contributed by atoms with Crippen LogP contribution in [0.2, 0.25) is 5.02 Å². The van der Waals surface area contributed by atoms with Gasteiger partial charge in [0.25, 0.3) is 0 Å². The van der Waals surface area contributed by atoms with E-state index in [0.29, 0.717) is 11.6 Å².